The fraction of sp³-hybridized carbons (Fsp3) is 0.400. The van der Waals surface area contributed by atoms with Gasteiger partial charge in [-0.25, -0.2) is 14.1 Å². The number of benzene rings is 1. The van der Waals surface area contributed by atoms with E-state index in [1.54, 1.807) is 23.0 Å². The summed E-state index contributed by atoms with van der Waals surface area (Å²) in [6.07, 6.45) is 6.36. The Morgan fingerprint density at radius 3 is 2.91 bits per heavy atom. The third-order valence-electron chi connectivity index (χ3n) is 6.94. The molecule has 2 fully saturated rings. The minimum atomic E-state index is -0.328. The van der Waals surface area contributed by atoms with Crippen molar-refractivity contribution in [3.05, 3.63) is 71.6 Å². The molecule has 6 rings (SSSR count). The van der Waals surface area contributed by atoms with E-state index in [-0.39, 0.29) is 17.6 Å². The van der Waals surface area contributed by atoms with Crippen molar-refractivity contribution in [3.8, 4) is 0 Å². The van der Waals surface area contributed by atoms with Crippen molar-refractivity contribution < 1.29 is 9.13 Å². The Kier molecular flexibility index (Phi) is 5.30. The molecule has 0 aliphatic carbocycles. The van der Waals surface area contributed by atoms with Gasteiger partial charge in [0.25, 0.3) is 0 Å². The van der Waals surface area contributed by atoms with Gasteiger partial charge in [0.1, 0.15) is 11.5 Å². The second-order valence-electron chi connectivity index (χ2n) is 9.37. The highest BCUT2D eigenvalue weighted by atomic mass is 19.1. The van der Waals surface area contributed by atoms with Gasteiger partial charge >= 0.3 is 0 Å². The number of likely N-dealkylation sites (N-methyl/N-ethyl adjacent to an activating group) is 1. The first kappa shape index (κ1) is 21.2. The third kappa shape index (κ3) is 3.84. The first-order valence-corrected chi connectivity index (χ1v) is 11.7. The van der Waals surface area contributed by atoms with E-state index in [0.29, 0.717) is 17.8 Å². The summed E-state index contributed by atoms with van der Waals surface area (Å²) in [5, 5.41) is 9.11. The number of nitrogens with one attached hydrogen (secondary N) is 1. The van der Waals surface area contributed by atoms with Gasteiger partial charge in [-0.3, -0.25) is 4.99 Å². The highest BCUT2D eigenvalue weighted by Crippen LogP contribution is 2.32. The minimum absolute atomic E-state index is 0.0914. The van der Waals surface area contributed by atoms with E-state index in [1.165, 1.54) is 6.07 Å². The molecule has 2 unspecified atom stereocenters. The van der Waals surface area contributed by atoms with Gasteiger partial charge in [0.05, 0.1) is 24.4 Å². The van der Waals surface area contributed by atoms with Gasteiger partial charge in [-0.2, -0.15) is 5.10 Å². The average molecular weight is 462 g/mol. The first-order chi connectivity index (χ1) is 16.6. The van der Waals surface area contributed by atoms with Crippen LogP contribution >= 0.6 is 0 Å². The number of fused-ring (bicyclic) bond motifs is 1. The molecule has 34 heavy (non-hydrogen) atoms. The van der Waals surface area contributed by atoms with Crippen LogP contribution in [-0.2, 0) is 11.3 Å². The molecule has 176 valence electrons. The summed E-state index contributed by atoms with van der Waals surface area (Å²) in [7, 11) is 2.16. The Hall–Kier alpha value is -3.30. The summed E-state index contributed by atoms with van der Waals surface area (Å²) in [5.74, 6) is -0.249. The number of hydrogen-bond donors (Lipinski definition) is 1. The van der Waals surface area contributed by atoms with Gasteiger partial charge in [0.15, 0.2) is 11.8 Å². The fourth-order valence-corrected chi connectivity index (χ4v) is 5.20. The van der Waals surface area contributed by atoms with Crippen molar-refractivity contribution in [2.75, 3.05) is 39.8 Å². The number of aromatic nitrogens is 3. The SMILES string of the molecule is CN1CCOC2(CCN(C3=CNC(c4nn(Cc5ccccc5F)c5ncccc45)N=C3)C2)C1. The first-order valence-electron chi connectivity index (χ1n) is 11.7. The number of allylic oxidation sites excluding steroid dienone is 1. The van der Waals surface area contributed by atoms with Gasteiger partial charge in [-0.15, -0.1) is 0 Å². The predicted molar refractivity (Wildman–Crippen MR) is 128 cm³/mol. The number of nitrogens with zero attached hydrogens (tertiary/aromatic N) is 6. The molecule has 8 nitrogen and oxygen atoms in total. The van der Waals surface area contributed by atoms with Crippen LogP contribution in [0.2, 0.25) is 0 Å². The lowest BCUT2D eigenvalue weighted by molar-refractivity contribution is -0.0934. The van der Waals surface area contributed by atoms with E-state index in [1.807, 2.05) is 30.6 Å². The van der Waals surface area contributed by atoms with E-state index in [4.69, 9.17) is 14.8 Å². The number of aliphatic imine (C=N–C) groups is 1. The lowest BCUT2D eigenvalue weighted by atomic mass is 10.0. The largest absolute Gasteiger partial charge is 0.370 e. The van der Waals surface area contributed by atoms with Gasteiger partial charge in [0.2, 0.25) is 0 Å². The van der Waals surface area contributed by atoms with Crippen LogP contribution in [0.25, 0.3) is 11.0 Å². The molecule has 2 saturated heterocycles. The molecule has 3 aromatic rings. The predicted octanol–water partition coefficient (Wildman–Crippen LogP) is 2.54. The number of halogens is 1. The number of pyridine rings is 1. The molecule has 0 bridgehead atoms. The molecule has 2 atom stereocenters. The van der Waals surface area contributed by atoms with Crippen LogP contribution in [0.5, 0.6) is 0 Å². The van der Waals surface area contributed by atoms with Crippen LogP contribution in [-0.4, -0.2) is 76.2 Å². The summed E-state index contributed by atoms with van der Waals surface area (Å²) >= 11 is 0. The van der Waals surface area contributed by atoms with E-state index in [0.717, 1.165) is 56.0 Å². The molecule has 0 saturated carbocycles. The molecule has 9 heteroatoms. The van der Waals surface area contributed by atoms with E-state index in [9.17, 15) is 4.39 Å². The zero-order valence-corrected chi connectivity index (χ0v) is 19.2. The van der Waals surface area contributed by atoms with Crippen molar-refractivity contribution in [3.63, 3.8) is 0 Å². The van der Waals surface area contributed by atoms with Gasteiger partial charge in [0, 0.05) is 55.7 Å². The Morgan fingerprint density at radius 1 is 1.18 bits per heavy atom. The monoisotopic (exact) mass is 461 g/mol. The normalized spacial score (nSPS) is 25.2. The maximum atomic E-state index is 14.3. The molecule has 0 radical (unpaired) electrons. The Labute approximate surface area is 197 Å². The third-order valence-corrected chi connectivity index (χ3v) is 6.94. The average Bonchev–Trinajstić information content (AvgIpc) is 3.42. The molecule has 1 spiro atoms. The maximum absolute atomic E-state index is 14.3. The molecule has 1 N–H and O–H groups in total. The smallest absolute Gasteiger partial charge is 0.163 e. The molecule has 3 aliphatic heterocycles. The summed E-state index contributed by atoms with van der Waals surface area (Å²) in [6, 6.07) is 10.6. The second-order valence-corrected chi connectivity index (χ2v) is 9.37. The second kappa shape index (κ2) is 8.48. The Morgan fingerprint density at radius 2 is 2.09 bits per heavy atom. The van der Waals surface area contributed by atoms with Crippen LogP contribution < -0.4 is 5.32 Å². The molecule has 2 aromatic heterocycles. The zero-order chi connectivity index (χ0) is 23.1. The van der Waals surface area contributed by atoms with E-state index in [2.05, 4.69) is 27.1 Å². The summed E-state index contributed by atoms with van der Waals surface area (Å²) < 4.78 is 22.2. The number of morpholine rings is 1. The lowest BCUT2D eigenvalue weighted by Gasteiger charge is -2.39. The van der Waals surface area contributed by atoms with Crippen LogP contribution in [0.15, 0.2) is 59.5 Å². The standard InChI is InChI=1S/C25H28FN7O/c1-31-11-12-34-25(16-31)8-10-32(17-25)19-13-28-23(29-14-19)22-20-6-4-9-27-24(20)33(30-22)15-18-5-2-3-7-21(18)26/h2-7,9,13-14,23,28H,8,10-12,15-17H2,1H3. The topological polar surface area (TPSA) is 70.8 Å². The zero-order valence-electron chi connectivity index (χ0n) is 19.2. The van der Waals surface area contributed by atoms with Gasteiger partial charge in [-0.1, -0.05) is 18.2 Å². The molecular weight excluding hydrogens is 433 g/mol. The maximum Gasteiger partial charge on any atom is 0.163 e. The van der Waals surface area contributed by atoms with Crippen molar-refractivity contribution in [2.24, 2.45) is 4.99 Å². The van der Waals surface area contributed by atoms with Crippen LogP contribution in [0.1, 0.15) is 23.8 Å². The lowest BCUT2D eigenvalue weighted by Crippen LogP contribution is -2.51. The van der Waals surface area contributed by atoms with Gasteiger partial charge in [-0.05, 0) is 31.7 Å². The van der Waals surface area contributed by atoms with Gasteiger partial charge < -0.3 is 19.9 Å². The molecule has 1 aromatic carbocycles. The Bertz CT molecular complexity index is 1270. The van der Waals surface area contributed by atoms with Crippen molar-refractivity contribution in [1.82, 2.24) is 29.9 Å². The quantitative estimate of drug-likeness (QED) is 0.644. The highest BCUT2D eigenvalue weighted by Gasteiger charge is 2.42. The van der Waals surface area contributed by atoms with Crippen LogP contribution in [0.3, 0.4) is 0 Å². The van der Waals surface area contributed by atoms with Crippen molar-refractivity contribution in [2.45, 2.75) is 24.7 Å². The highest BCUT2D eigenvalue weighted by molar-refractivity contribution is 5.82. The van der Waals surface area contributed by atoms with Crippen molar-refractivity contribution >= 4 is 17.2 Å². The minimum Gasteiger partial charge on any atom is -0.370 e. The van der Waals surface area contributed by atoms with Crippen LogP contribution in [0.4, 0.5) is 4.39 Å². The summed E-state index contributed by atoms with van der Waals surface area (Å²) in [5.41, 5.74) is 3.03. The van der Waals surface area contributed by atoms with Crippen LogP contribution in [0, 0.1) is 5.82 Å². The summed E-state index contributed by atoms with van der Waals surface area (Å²) in [4.78, 5) is 14.0. The van der Waals surface area contributed by atoms with E-state index >= 15 is 0 Å². The fourth-order valence-electron chi connectivity index (χ4n) is 5.20. The number of likely N-dealkylation sites (tertiary alicyclic amines) is 1. The Balaban J connectivity index is 1.21. The van der Waals surface area contributed by atoms with E-state index < -0.39 is 0 Å². The summed E-state index contributed by atoms with van der Waals surface area (Å²) in [6.45, 7) is 4.86. The van der Waals surface area contributed by atoms with Crippen molar-refractivity contribution in [1.29, 1.82) is 0 Å². The number of rotatable bonds is 4. The number of ether oxygens (including phenoxy) is 1. The number of hydrogen-bond acceptors (Lipinski definition) is 7. The molecule has 0 amide bonds. The molecule has 3 aliphatic rings. The molecular formula is C25H28FN7O. The molecule has 5 heterocycles.